The quantitative estimate of drug-likeness (QED) is 0.873. The van der Waals surface area contributed by atoms with Gasteiger partial charge < -0.3 is 15.2 Å². The van der Waals surface area contributed by atoms with Crippen LogP contribution in [0.2, 0.25) is 0 Å². The van der Waals surface area contributed by atoms with Gasteiger partial charge in [0.05, 0.1) is 0 Å². The molecule has 1 heterocycles. The third kappa shape index (κ3) is 3.94. The summed E-state index contributed by atoms with van der Waals surface area (Å²) in [4.78, 5) is 1.47. The largest absolute Gasteiger partial charge is 0.490 e. The molecule has 0 radical (unpaired) electrons. The highest BCUT2D eigenvalue weighted by molar-refractivity contribution is 7.10. The molecule has 2 rings (SSSR count). The van der Waals surface area contributed by atoms with Crippen molar-refractivity contribution in [3.8, 4) is 5.75 Å². The SMILES string of the molecule is CC1CCc2c(OCC(O)CNC(C)(C)C)csc21. The molecule has 3 nitrogen and oxygen atoms in total. The molecule has 1 aromatic rings. The molecule has 2 atom stereocenters. The lowest BCUT2D eigenvalue weighted by Gasteiger charge is -2.22. The van der Waals surface area contributed by atoms with Crippen LogP contribution in [0.1, 0.15) is 50.5 Å². The lowest BCUT2D eigenvalue weighted by molar-refractivity contribution is 0.0998. The summed E-state index contributed by atoms with van der Waals surface area (Å²) < 4.78 is 5.78. The molecule has 0 bridgehead atoms. The maximum atomic E-state index is 9.93. The molecule has 2 unspecified atom stereocenters. The predicted octanol–water partition coefficient (Wildman–Crippen LogP) is 2.93. The van der Waals surface area contributed by atoms with E-state index in [0.717, 1.165) is 12.2 Å². The molecule has 0 amide bonds. The molecule has 0 saturated carbocycles. The Hall–Kier alpha value is -0.580. The molecule has 4 heteroatoms. The van der Waals surface area contributed by atoms with Crippen molar-refractivity contribution >= 4 is 11.3 Å². The van der Waals surface area contributed by atoms with Crippen molar-refractivity contribution in [2.75, 3.05) is 13.2 Å². The van der Waals surface area contributed by atoms with Gasteiger partial charge in [0.2, 0.25) is 0 Å². The van der Waals surface area contributed by atoms with Crippen molar-refractivity contribution < 1.29 is 9.84 Å². The van der Waals surface area contributed by atoms with Gasteiger partial charge in [-0.1, -0.05) is 6.92 Å². The summed E-state index contributed by atoms with van der Waals surface area (Å²) >= 11 is 1.79. The highest BCUT2D eigenvalue weighted by Gasteiger charge is 2.24. The minimum Gasteiger partial charge on any atom is -0.490 e. The Bertz CT molecular complexity index is 422. The third-order valence-corrected chi connectivity index (χ3v) is 4.70. The van der Waals surface area contributed by atoms with Gasteiger partial charge in [0, 0.05) is 27.9 Å². The van der Waals surface area contributed by atoms with Crippen molar-refractivity contribution in [3.63, 3.8) is 0 Å². The molecule has 0 saturated heterocycles. The normalized spacial score (nSPS) is 20.4. The molecular formula is C15H25NO2S. The van der Waals surface area contributed by atoms with Gasteiger partial charge in [-0.05, 0) is 39.5 Å². The number of hydrogen-bond donors (Lipinski definition) is 2. The summed E-state index contributed by atoms with van der Waals surface area (Å²) in [5, 5.41) is 15.3. The molecule has 108 valence electrons. The number of aliphatic hydroxyl groups is 1. The van der Waals surface area contributed by atoms with E-state index in [1.165, 1.54) is 16.9 Å². The first-order valence-electron chi connectivity index (χ1n) is 7.03. The molecule has 1 aliphatic carbocycles. The molecule has 0 spiro atoms. The zero-order chi connectivity index (χ0) is 14.0. The van der Waals surface area contributed by atoms with Crippen LogP contribution in [0.15, 0.2) is 5.38 Å². The van der Waals surface area contributed by atoms with E-state index in [1.54, 1.807) is 11.3 Å². The van der Waals surface area contributed by atoms with E-state index >= 15 is 0 Å². The zero-order valence-corrected chi connectivity index (χ0v) is 13.1. The van der Waals surface area contributed by atoms with E-state index in [9.17, 15) is 5.11 Å². The van der Waals surface area contributed by atoms with Crippen LogP contribution >= 0.6 is 11.3 Å². The van der Waals surface area contributed by atoms with Gasteiger partial charge in [0.25, 0.3) is 0 Å². The van der Waals surface area contributed by atoms with Gasteiger partial charge in [-0.15, -0.1) is 11.3 Å². The van der Waals surface area contributed by atoms with Gasteiger partial charge >= 0.3 is 0 Å². The van der Waals surface area contributed by atoms with Crippen molar-refractivity contribution in [2.24, 2.45) is 0 Å². The Morgan fingerprint density at radius 2 is 2.26 bits per heavy atom. The second-order valence-corrected chi connectivity index (χ2v) is 7.39. The third-order valence-electron chi connectivity index (χ3n) is 3.46. The Morgan fingerprint density at radius 3 is 2.95 bits per heavy atom. The second kappa shape index (κ2) is 5.81. The summed E-state index contributed by atoms with van der Waals surface area (Å²) in [6.45, 7) is 9.47. The number of ether oxygens (including phenoxy) is 1. The molecule has 0 aliphatic heterocycles. The van der Waals surface area contributed by atoms with Crippen LogP contribution in [0.3, 0.4) is 0 Å². The smallest absolute Gasteiger partial charge is 0.133 e. The number of nitrogens with one attached hydrogen (secondary N) is 1. The zero-order valence-electron chi connectivity index (χ0n) is 12.3. The monoisotopic (exact) mass is 283 g/mol. The fourth-order valence-electron chi connectivity index (χ4n) is 2.32. The average Bonchev–Trinajstić information content (AvgIpc) is 2.87. The summed E-state index contributed by atoms with van der Waals surface area (Å²) in [5.41, 5.74) is 1.40. The average molecular weight is 283 g/mol. The predicted molar refractivity (Wildman–Crippen MR) is 80.3 cm³/mol. The summed E-state index contributed by atoms with van der Waals surface area (Å²) in [7, 11) is 0. The number of hydrogen-bond acceptors (Lipinski definition) is 4. The van der Waals surface area contributed by atoms with Crippen LogP contribution in [0, 0.1) is 0 Å². The van der Waals surface area contributed by atoms with E-state index in [2.05, 4.69) is 38.4 Å². The minimum atomic E-state index is -0.464. The molecule has 19 heavy (non-hydrogen) atoms. The van der Waals surface area contributed by atoms with Crippen LogP contribution in [-0.4, -0.2) is 29.9 Å². The Labute approximate surface area is 120 Å². The maximum Gasteiger partial charge on any atom is 0.133 e. The van der Waals surface area contributed by atoms with Crippen molar-refractivity contribution in [3.05, 3.63) is 15.8 Å². The van der Waals surface area contributed by atoms with Gasteiger partial charge in [-0.2, -0.15) is 0 Å². The Morgan fingerprint density at radius 1 is 1.53 bits per heavy atom. The number of fused-ring (bicyclic) bond motifs is 1. The van der Waals surface area contributed by atoms with Crippen molar-refractivity contribution in [1.82, 2.24) is 5.32 Å². The van der Waals surface area contributed by atoms with E-state index in [-0.39, 0.29) is 5.54 Å². The minimum absolute atomic E-state index is 0.0278. The number of aliphatic hydroxyl groups excluding tert-OH is 1. The molecule has 1 aliphatic rings. The Balaban J connectivity index is 1.81. The van der Waals surface area contributed by atoms with Crippen LogP contribution in [0.25, 0.3) is 0 Å². The molecule has 0 aromatic carbocycles. The topological polar surface area (TPSA) is 41.5 Å². The number of β-amino-alcohol motifs (C(OH)–C–C–N with tert-alkyl or cyclic N) is 1. The molecule has 2 N–H and O–H groups in total. The van der Waals surface area contributed by atoms with Crippen molar-refractivity contribution in [2.45, 2.75) is 58.1 Å². The van der Waals surface area contributed by atoms with E-state index < -0.39 is 6.10 Å². The van der Waals surface area contributed by atoms with E-state index in [1.807, 2.05) is 0 Å². The summed E-state index contributed by atoms with van der Waals surface area (Å²) in [5.74, 6) is 1.66. The molecular weight excluding hydrogens is 258 g/mol. The lowest BCUT2D eigenvalue weighted by atomic mass is 10.1. The first-order chi connectivity index (χ1) is 8.87. The van der Waals surface area contributed by atoms with Gasteiger partial charge in [0.15, 0.2) is 0 Å². The highest BCUT2D eigenvalue weighted by Crippen LogP contribution is 2.42. The summed E-state index contributed by atoms with van der Waals surface area (Å²) in [6.07, 6.45) is 1.88. The first kappa shape index (κ1) is 14.8. The van der Waals surface area contributed by atoms with Gasteiger partial charge in [-0.3, -0.25) is 0 Å². The van der Waals surface area contributed by atoms with E-state index in [4.69, 9.17) is 4.74 Å². The van der Waals surface area contributed by atoms with Crippen LogP contribution in [0.5, 0.6) is 5.75 Å². The second-order valence-electron chi connectivity index (χ2n) is 6.48. The highest BCUT2D eigenvalue weighted by atomic mass is 32.1. The maximum absolute atomic E-state index is 9.93. The van der Waals surface area contributed by atoms with Crippen LogP contribution in [0.4, 0.5) is 0 Å². The van der Waals surface area contributed by atoms with Crippen LogP contribution in [-0.2, 0) is 6.42 Å². The molecule has 0 fully saturated rings. The fourth-order valence-corrected chi connectivity index (χ4v) is 3.46. The van der Waals surface area contributed by atoms with Gasteiger partial charge in [0.1, 0.15) is 18.5 Å². The number of rotatable bonds is 5. The van der Waals surface area contributed by atoms with Crippen LogP contribution < -0.4 is 10.1 Å². The van der Waals surface area contributed by atoms with Gasteiger partial charge in [-0.25, -0.2) is 0 Å². The molecule has 1 aromatic heterocycles. The lowest BCUT2D eigenvalue weighted by Crippen LogP contribution is -2.42. The fraction of sp³-hybridized carbons (Fsp3) is 0.733. The summed E-state index contributed by atoms with van der Waals surface area (Å²) in [6, 6.07) is 0. The van der Waals surface area contributed by atoms with Crippen molar-refractivity contribution in [1.29, 1.82) is 0 Å². The number of thiophene rings is 1. The van der Waals surface area contributed by atoms with E-state index in [0.29, 0.717) is 19.1 Å². The Kier molecular flexibility index (Phi) is 4.54. The standard InChI is InChI=1S/C15H25NO2S/c1-10-5-6-12-13(9-19-14(10)12)18-8-11(17)7-16-15(2,3)4/h9-11,16-17H,5-8H2,1-4H3. The first-order valence-corrected chi connectivity index (χ1v) is 7.91.